The average molecular weight is 582 g/mol. The van der Waals surface area contributed by atoms with Gasteiger partial charge in [-0.25, -0.2) is 9.78 Å². The molecule has 4 aromatic carbocycles. The van der Waals surface area contributed by atoms with E-state index in [0.717, 1.165) is 15.6 Å². The first-order valence-corrected chi connectivity index (χ1v) is 13.7. The SMILES string of the molecule is Cc1cccc(NC(=O)N(CCc2ccccc2)C(C)c2nc3ccccc3c(=O)n2-c2ccc(Br)cc2)c1. The van der Waals surface area contributed by atoms with Crippen LogP contribution in [0.2, 0.25) is 0 Å². The third-order valence-electron chi connectivity index (χ3n) is 6.74. The molecule has 7 heteroatoms. The van der Waals surface area contributed by atoms with Crippen molar-refractivity contribution in [1.82, 2.24) is 14.5 Å². The fourth-order valence-electron chi connectivity index (χ4n) is 4.69. The van der Waals surface area contributed by atoms with Crippen LogP contribution in [0.25, 0.3) is 16.6 Å². The summed E-state index contributed by atoms with van der Waals surface area (Å²) in [5.41, 5.74) is 4.00. The molecule has 1 heterocycles. The highest BCUT2D eigenvalue weighted by Gasteiger charge is 2.27. The van der Waals surface area contributed by atoms with Gasteiger partial charge in [0.05, 0.1) is 22.6 Å². The number of nitrogens with one attached hydrogen (secondary N) is 1. The second-order valence-corrected chi connectivity index (χ2v) is 10.4. The lowest BCUT2D eigenvalue weighted by Crippen LogP contribution is -2.41. The van der Waals surface area contributed by atoms with Gasteiger partial charge in [-0.05, 0) is 79.9 Å². The highest BCUT2D eigenvalue weighted by atomic mass is 79.9. The lowest BCUT2D eigenvalue weighted by molar-refractivity contribution is 0.190. The van der Waals surface area contributed by atoms with Crippen LogP contribution in [-0.4, -0.2) is 27.0 Å². The van der Waals surface area contributed by atoms with Crippen molar-refractivity contribution in [2.75, 3.05) is 11.9 Å². The number of halogens is 1. The second kappa shape index (κ2) is 11.7. The number of fused-ring (bicyclic) bond motifs is 1. The molecule has 0 aliphatic carbocycles. The number of benzene rings is 4. The molecule has 1 atom stereocenters. The van der Waals surface area contributed by atoms with Gasteiger partial charge in [-0.1, -0.05) is 70.5 Å². The third-order valence-corrected chi connectivity index (χ3v) is 7.27. The number of carbonyl (C=O) groups is 1. The number of carbonyl (C=O) groups excluding carboxylic acids is 1. The molecule has 6 nitrogen and oxygen atoms in total. The Balaban J connectivity index is 1.60. The number of para-hydroxylation sites is 1. The summed E-state index contributed by atoms with van der Waals surface area (Å²) in [6.45, 7) is 4.35. The van der Waals surface area contributed by atoms with E-state index in [0.29, 0.717) is 41.1 Å². The second-order valence-electron chi connectivity index (χ2n) is 9.51. The number of urea groups is 1. The van der Waals surface area contributed by atoms with E-state index in [2.05, 4.69) is 21.2 Å². The van der Waals surface area contributed by atoms with E-state index in [1.807, 2.05) is 111 Å². The van der Waals surface area contributed by atoms with Crippen molar-refractivity contribution in [1.29, 1.82) is 0 Å². The van der Waals surface area contributed by atoms with E-state index in [-0.39, 0.29) is 11.6 Å². The first kappa shape index (κ1) is 26.4. The molecule has 1 aromatic heterocycles. The number of hydrogen-bond donors (Lipinski definition) is 1. The van der Waals surface area contributed by atoms with Gasteiger partial charge in [0.2, 0.25) is 0 Å². The quantitative estimate of drug-likeness (QED) is 0.220. The van der Waals surface area contributed by atoms with E-state index in [1.165, 1.54) is 0 Å². The molecule has 0 aliphatic rings. The molecule has 196 valence electrons. The number of amides is 2. The first-order valence-electron chi connectivity index (χ1n) is 12.9. The number of anilines is 1. The van der Waals surface area contributed by atoms with Gasteiger partial charge >= 0.3 is 6.03 Å². The Morgan fingerprint density at radius 1 is 0.949 bits per heavy atom. The molecule has 5 rings (SSSR count). The number of rotatable bonds is 7. The number of aryl methyl sites for hydroxylation is 1. The van der Waals surface area contributed by atoms with E-state index in [4.69, 9.17) is 4.98 Å². The Kier molecular flexibility index (Phi) is 7.89. The highest BCUT2D eigenvalue weighted by Crippen LogP contribution is 2.25. The van der Waals surface area contributed by atoms with Crippen LogP contribution in [0, 0.1) is 6.92 Å². The van der Waals surface area contributed by atoms with Crippen LogP contribution in [0.15, 0.2) is 112 Å². The van der Waals surface area contributed by atoms with Crippen LogP contribution in [0.1, 0.15) is 29.9 Å². The topological polar surface area (TPSA) is 67.2 Å². The standard InChI is InChI=1S/C32H29BrN4O2/c1-22-9-8-12-26(21-22)34-32(39)36(20-19-24-10-4-3-5-11-24)23(2)30-35-29-14-7-6-13-28(29)31(38)37(30)27-17-15-25(33)16-18-27/h3-18,21,23H,19-20H2,1-2H3,(H,34,39). The van der Waals surface area contributed by atoms with E-state index in [9.17, 15) is 9.59 Å². The zero-order chi connectivity index (χ0) is 27.4. The van der Waals surface area contributed by atoms with Gasteiger partial charge in [-0.2, -0.15) is 0 Å². The van der Waals surface area contributed by atoms with E-state index < -0.39 is 6.04 Å². The minimum atomic E-state index is -0.514. The summed E-state index contributed by atoms with van der Waals surface area (Å²) in [4.78, 5) is 34.3. The maximum Gasteiger partial charge on any atom is 0.322 e. The average Bonchev–Trinajstić information content (AvgIpc) is 2.94. The minimum Gasteiger partial charge on any atom is -0.314 e. The molecule has 0 spiro atoms. The molecule has 0 saturated carbocycles. The lowest BCUT2D eigenvalue weighted by Gasteiger charge is -2.31. The molecule has 2 amide bonds. The summed E-state index contributed by atoms with van der Waals surface area (Å²) in [5.74, 6) is 0.494. The van der Waals surface area contributed by atoms with Gasteiger partial charge in [0, 0.05) is 16.7 Å². The minimum absolute atomic E-state index is 0.174. The van der Waals surface area contributed by atoms with Crippen molar-refractivity contribution in [3.05, 3.63) is 135 Å². The fraction of sp³-hybridized carbons (Fsp3) is 0.156. The molecule has 0 fully saturated rings. The fourth-order valence-corrected chi connectivity index (χ4v) is 4.96. The highest BCUT2D eigenvalue weighted by molar-refractivity contribution is 9.10. The Hall–Kier alpha value is -4.23. The molecular formula is C32H29BrN4O2. The van der Waals surface area contributed by atoms with Crippen molar-refractivity contribution < 1.29 is 4.79 Å². The number of hydrogen-bond acceptors (Lipinski definition) is 3. The molecule has 0 radical (unpaired) electrons. The van der Waals surface area contributed by atoms with Crippen molar-refractivity contribution in [3.8, 4) is 5.69 Å². The van der Waals surface area contributed by atoms with Crippen LogP contribution in [0.3, 0.4) is 0 Å². The van der Waals surface area contributed by atoms with Gasteiger partial charge in [0.15, 0.2) is 0 Å². The lowest BCUT2D eigenvalue weighted by atomic mass is 10.1. The van der Waals surface area contributed by atoms with Crippen LogP contribution in [0.5, 0.6) is 0 Å². The Morgan fingerprint density at radius 3 is 2.41 bits per heavy atom. The normalized spacial score (nSPS) is 11.8. The maximum atomic E-state index is 13.8. The zero-order valence-electron chi connectivity index (χ0n) is 21.8. The maximum absolute atomic E-state index is 13.8. The molecule has 1 N–H and O–H groups in total. The summed E-state index contributed by atoms with van der Waals surface area (Å²) >= 11 is 3.48. The molecule has 0 aliphatic heterocycles. The number of nitrogens with zero attached hydrogens (tertiary/aromatic N) is 3. The van der Waals surface area contributed by atoms with Crippen molar-refractivity contribution in [2.24, 2.45) is 0 Å². The van der Waals surface area contributed by atoms with Gasteiger partial charge in [-0.15, -0.1) is 0 Å². The smallest absolute Gasteiger partial charge is 0.314 e. The summed E-state index contributed by atoms with van der Waals surface area (Å²) in [6.07, 6.45) is 0.655. The summed E-state index contributed by atoms with van der Waals surface area (Å²) in [5, 5.41) is 3.58. The summed E-state index contributed by atoms with van der Waals surface area (Å²) in [7, 11) is 0. The summed E-state index contributed by atoms with van der Waals surface area (Å²) in [6, 6.07) is 31.8. The largest absolute Gasteiger partial charge is 0.322 e. The molecule has 39 heavy (non-hydrogen) atoms. The molecule has 5 aromatic rings. The Morgan fingerprint density at radius 2 is 1.67 bits per heavy atom. The van der Waals surface area contributed by atoms with Crippen LogP contribution >= 0.6 is 15.9 Å². The van der Waals surface area contributed by atoms with Crippen LogP contribution in [0.4, 0.5) is 10.5 Å². The molecule has 0 bridgehead atoms. The van der Waals surface area contributed by atoms with E-state index in [1.54, 1.807) is 15.5 Å². The first-order chi connectivity index (χ1) is 18.9. The van der Waals surface area contributed by atoms with Gasteiger partial charge < -0.3 is 10.2 Å². The number of aromatic nitrogens is 2. The van der Waals surface area contributed by atoms with Gasteiger partial charge in [0.25, 0.3) is 5.56 Å². The molecular weight excluding hydrogens is 552 g/mol. The molecule has 0 saturated heterocycles. The summed E-state index contributed by atoms with van der Waals surface area (Å²) < 4.78 is 2.53. The zero-order valence-corrected chi connectivity index (χ0v) is 23.4. The van der Waals surface area contributed by atoms with Crippen LogP contribution in [-0.2, 0) is 6.42 Å². The predicted octanol–water partition coefficient (Wildman–Crippen LogP) is 7.29. The monoisotopic (exact) mass is 580 g/mol. The van der Waals surface area contributed by atoms with Gasteiger partial charge in [0.1, 0.15) is 5.82 Å². The predicted molar refractivity (Wildman–Crippen MR) is 161 cm³/mol. The third kappa shape index (κ3) is 5.94. The van der Waals surface area contributed by atoms with Gasteiger partial charge in [-0.3, -0.25) is 9.36 Å². The van der Waals surface area contributed by atoms with Crippen molar-refractivity contribution >= 4 is 38.6 Å². The van der Waals surface area contributed by atoms with Crippen molar-refractivity contribution in [2.45, 2.75) is 26.3 Å². The Bertz CT molecular complexity index is 1670. The van der Waals surface area contributed by atoms with Crippen molar-refractivity contribution in [3.63, 3.8) is 0 Å². The van der Waals surface area contributed by atoms with Crippen LogP contribution < -0.4 is 10.9 Å². The Labute approximate surface area is 236 Å². The van der Waals surface area contributed by atoms with E-state index >= 15 is 0 Å². The molecule has 1 unspecified atom stereocenters.